The van der Waals surface area contributed by atoms with Crippen molar-refractivity contribution >= 4 is 11.6 Å². The number of rotatable bonds is 9. The lowest BCUT2D eigenvalue weighted by molar-refractivity contribution is -0.138. The molecule has 3 aromatic rings. The maximum Gasteiger partial charge on any atom is 0.243 e. The van der Waals surface area contributed by atoms with Gasteiger partial charge in [0.25, 0.3) is 0 Å². The SMILES string of the molecule is CCOc1ccc(N2CCN(C(=O)[C@]3(Cc4ccccc4)C[C@H](NCc4ccc(F)cc4F)CN3)CC2)cc1. The van der Waals surface area contributed by atoms with Gasteiger partial charge in [0.15, 0.2) is 0 Å². The average Bonchev–Trinajstić information content (AvgIpc) is 3.37. The van der Waals surface area contributed by atoms with Crippen molar-refractivity contribution in [1.29, 1.82) is 0 Å². The number of carbonyl (C=O) groups is 1. The van der Waals surface area contributed by atoms with Gasteiger partial charge < -0.3 is 25.2 Å². The van der Waals surface area contributed by atoms with Crippen LogP contribution in [0, 0.1) is 11.6 Å². The molecule has 1 amide bonds. The van der Waals surface area contributed by atoms with Crippen molar-refractivity contribution in [1.82, 2.24) is 15.5 Å². The second-order valence-corrected chi connectivity index (χ2v) is 10.3. The quantitative estimate of drug-likeness (QED) is 0.432. The molecule has 0 aromatic heterocycles. The van der Waals surface area contributed by atoms with Crippen LogP contribution in [0.3, 0.4) is 0 Å². The van der Waals surface area contributed by atoms with Crippen LogP contribution in [-0.4, -0.2) is 61.7 Å². The predicted molar refractivity (Wildman–Crippen MR) is 149 cm³/mol. The summed E-state index contributed by atoms with van der Waals surface area (Å²) < 4.78 is 33.0. The molecule has 0 radical (unpaired) electrons. The van der Waals surface area contributed by atoms with Crippen LogP contribution in [0.25, 0.3) is 0 Å². The molecule has 2 aliphatic rings. The Labute approximate surface area is 229 Å². The molecule has 2 atom stereocenters. The zero-order chi connectivity index (χ0) is 27.2. The molecular formula is C31H36F2N4O2. The van der Waals surface area contributed by atoms with Crippen molar-refractivity contribution in [3.63, 3.8) is 0 Å². The Kier molecular flexibility index (Phi) is 8.43. The first-order chi connectivity index (χ1) is 19.0. The summed E-state index contributed by atoms with van der Waals surface area (Å²) in [5, 5.41) is 6.94. The lowest BCUT2D eigenvalue weighted by atomic mass is 9.86. The van der Waals surface area contributed by atoms with Crippen LogP contribution in [-0.2, 0) is 17.8 Å². The Morgan fingerprint density at radius 2 is 1.77 bits per heavy atom. The van der Waals surface area contributed by atoms with Gasteiger partial charge in [-0.25, -0.2) is 8.78 Å². The van der Waals surface area contributed by atoms with Gasteiger partial charge in [-0.15, -0.1) is 0 Å². The number of benzene rings is 3. The largest absolute Gasteiger partial charge is 0.494 e. The fourth-order valence-electron chi connectivity index (χ4n) is 5.65. The minimum Gasteiger partial charge on any atom is -0.494 e. The molecule has 39 heavy (non-hydrogen) atoms. The summed E-state index contributed by atoms with van der Waals surface area (Å²) in [5.74, 6) is -0.190. The van der Waals surface area contributed by atoms with Crippen LogP contribution in [0.4, 0.5) is 14.5 Å². The molecule has 0 spiro atoms. The van der Waals surface area contributed by atoms with Crippen molar-refractivity contribution in [3.8, 4) is 5.75 Å². The Bertz CT molecular complexity index is 1250. The maximum atomic E-state index is 14.2. The van der Waals surface area contributed by atoms with Gasteiger partial charge in [-0.1, -0.05) is 36.4 Å². The van der Waals surface area contributed by atoms with E-state index in [0.717, 1.165) is 36.2 Å². The minimum absolute atomic E-state index is 0.0211. The molecule has 8 heteroatoms. The molecule has 0 bridgehead atoms. The van der Waals surface area contributed by atoms with Crippen LogP contribution in [0.15, 0.2) is 72.8 Å². The second kappa shape index (κ2) is 12.1. The predicted octanol–water partition coefficient (Wildman–Crippen LogP) is 4.15. The highest BCUT2D eigenvalue weighted by Crippen LogP contribution is 2.29. The van der Waals surface area contributed by atoms with Gasteiger partial charge in [0.2, 0.25) is 5.91 Å². The summed E-state index contributed by atoms with van der Waals surface area (Å²) in [7, 11) is 0. The number of anilines is 1. The smallest absolute Gasteiger partial charge is 0.243 e. The molecule has 5 rings (SSSR count). The van der Waals surface area contributed by atoms with Crippen molar-refractivity contribution in [3.05, 3.63) is 95.6 Å². The van der Waals surface area contributed by atoms with Crippen molar-refractivity contribution in [2.24, 2.45) is 0 Å². The van der Waals surface area contributed by atoms with Gasteiger partial charge in [-0.3, -0.25) is 4.79 Å². The Morgan fingerprint density at radius 3 is 2.46 bits per heavy atom. The van der Waals surface area contributed by atoms with E-state index >= 15 is 0 Å². The molecule has 2 N–H and O–H groups in total. The molecule has 0 aliphatic carbocycles. The van der Waals surface area contributed by atoms with E-state index in [1.165, 1.54) is 12.1 Å². The lowest BCUT2D eigenvalue weighted by Crippen LogP contribution is -2.60. The number of hydrogen-bond acceptors (Lipinski definition) is 5. The zero-order valence-corrected chi connectivity index (χ0v) is 22.3. The number of hydrogen-bond donors (Lipinski definition) is 2. The topological polar surface area (TPSA) is 56.8 Å². The summed E-state index contributed by atoms with van der Waals surface area (Å²) in [6.07, 6.45) is 1.16. The fraction of sp³-hybridized carbons (Fsp3) is 0.387. The van der Waals surface area contributed by atoms with Crippen molar-refractivity contribution < 1.29 is 18.3 Å². The van der Waals surface area contributed by atoms with Gasteiger partial charge in [0.1, 0.15) is 22.9 Å². The number of halogens is 2. The minimum atomic E-state index is -0.748. The van der Waals surface area contributed by atoms with Crippen molar-refractivity contribution in [2.75, 3.05) is 44.2 Å². The number of ether oxygens (including phenoxy) is 1. The number of amides is 1. The summed E-state index contributed by atoms with van der Waals surface area (Å²) in [6, 6.07) is 21.8. The highest BCUT2D eigenvalue weighted by atomic mass is 19.1. The summed E-state index contributed by atoms with van der Waals surface area (Å²) in [5.41, 5.74) is 1.88. The van der Waals surface area contributed by atoms with Crippen LogP contribution in [0.1, 0.15) is 24.5 Å². The molecular weight excluding hydrogens is 498 g/mol. The summed E-state index contributed by atoms with van der Waals surface area (Å²) in [6.45, 7) is 6.27. The molecule has 2 aliphatic heterocycles. The van der Waals surface area contributed by atoms with Crippen LogP contribution in [0.2, 0.25) is 0 Å². The van der Waals surface area contributed by atoms with Gasteiger partial charge in [-0.05, 0) is 55.7 Å². The first-order valence-corrected chi connectivity index (χ1v) is 13.7. The lowest BCUT2D eigenvalue weighted by Gasteiger charge is -2.41. The summed E-state index contributed by atoms with van der Waals surface area (Å²) in [4.78, 5) is 18.4. The van der Waals surface area contributed by atoms with E-state index in [-0.39, 0.29) is 18.5 Å². The molecule has 2 fully saturated rings. The number of nitrogens with one attached hydrogen (secondary N) is 2. The molecule has 0 unspecified atom stereocenters. The van der Waals surface area contributed by atoms with Crippen molar-refractivity contribution in [2.45, 2.75) is 37.9 Å². The Morgan fingerprint density at radius 1 is 1.03 bits per heavy atom. The first kappa shape index (κ1) is 27.1. The number of carbonyl (C=O) groups excluding carboxylic acids is 1. The van der Waals surface area contributed by atoms with Gasteiger partial charge in [0.05, 0.1) is 6.61 Å². The third kappa shape index (κ3) is 6.40. The van der Waals surface area contributed by atoms with E-state index in [2.05, 4.69) is 39.8 Å². The first-order valence-electron chi connectivity index (χ1n) is 13.7. The molecule has 206 valence electrons. The highest BCUT2D eigenvalue weighted by Gasteiger charge is 2.47. The summed E-state index contributed by atoms with van der Waals surface area (Å²) >= 11 is 0. The van der Waals surface area contributed by atoms with E-state index in [1.807, 2.05) is 42.2 Å². The van der Waals surface area contributed by atoms with Crippen LogP contribution < -0.4 is 20.3 Å². The maximum absolute atomic E-state index is 14.2. The molecule has 2 saturated heterocycles. The zero-order valence-electron chi connectivity index (χ0n) is 22.3. The van der Waals surface area contributed by atoms with E-state index in [0.29, 0.717) is 44.6 Å². The standard InChI is InChI=1S/C31H36F2N4O2/c1-2-39-28-12-10-27(11-13-28)36-14-16-37(17-15-36)30(38)31(19-23-6-4-3-5-7-23)20-26(22-35-31)34-21-24-8-9-25(32)18-29(24)33/h3-13,18,26,34-35H,2,14-17,19-22H2,1H3/t26-,31-/m0/s1. The third-order valence-corrected chi connectivity index (χ3v) is 7.72. The van der Waals surface area contributed by atoms with Gasteiger partial charge >= 0.3 is 0 Å². The van der Waals surface area contributed by atoms with Crippen LogP contribution >= 0.6 is 0 Å². The van der Waals surface area contributed by atoms with E-state index in [1.54, 1.807) is 0 Å². The van der Waals surface area contributed by atoms with Crippen LogP contribution in [0.5, 0.6) is 5.75 Å². The average molecular weight is 535 g/mol. The van der Waals surface area contributed by atoms with E-state index in [9.17, 15) is 13.6 Å². The number of nitrogens with zero attached hydrogens (tertiary/aromatic N) is 2. The van der Waals surface area contributed by atoms with Gasteiger partial charge in [0, 0.05) is 62.6 Å². The van der Waals surface area contributed by atoms with Gasteiger partial charge in [-0.2, -0.15) is 0 Å². The molecule has 3 aromatic carbocycles. The third-order valence-electron chi connectivity index (χ3n) is 7.72. The number of piperazine rings is 1. The normalized spacial score (nSPS) is 21.3. The highest BCUT2D eigenvalue weighted by molar-refractivity contribution is 5.87. The second-order valence-electron chi connectivity index (χ2n) is 10.3. The Hall–Kier alpha value is -3.49. The van der Waals surface area contributed by atoms with E-state index in [4.69, 9.17) is 4.74 Å². The monoisotopic (exact) mass is 534 g/mol. The fourth-order valence-corrected chi connectivity index (χ4v) is 5.65. The molecule has 0 saturated carbocycles. The molecule has 6 nitrogen and oxygen atoms in total. The Balaban J connectivity index is 1.25. The molecule has 2 heterocycles. The van der Waals surface area contributed by atoms with E-state index < -0.39 is 17.2 Å².